The van der Waals surface area contributed by atoms with Gasteiger partial charge in [0.05, 0.1) is 6.42 Å². The Morgan fingerprint density at radius 1 is 1.65 bits per heavy atom. The number of nitrogens with zero attached hydrogens (tertiary/aromatic N) is 3. The minimum atomic E-state index is -0.755. The van der Waals surface area contributed by atoms with Crippen molar-refractivity contribution in [1.29, 1.82) is 5.26 Å². The lowest BCUT2D eigenvalue weighted by Gasteiger charge is -2.10. The van der Waals surface area contributed by atoms with E-state index in [-0.39, 0.29) is 11.8 Å². The van der Waals surface area contributed by atoms with E-state index in [4.69, 9.17) is 10.4 Å². The van der Waals surface area contributed by atoms with E-state index in [9.17, 15) is 4.79 Å². The maximum absolute atomic E-state index is 10.7. The third kappa shape index (κ3) is 3.17. The van der Waals surface area contributed by atoms with Crippen LogP contribution in [0.3, 0.4) is 0 Å². The number of rotatable bonds is 5. The summed E-state index contributed by atoms with van der Waals surface area (Å²) in [5, 5.41) is 18.0. The van der Waals surface area contributed by atoms with E-state index in [1.165, 1.54) is 11.8 Å². The van der Waals surface area contributed by atoms with E-state index in [0.29, 0.717) is 16.6 Å². The van der Waals surface area contributed by atoms with Crippen LogP contribution < -0.4 is 0 Å². The van der Waals surface area contributed by atoms with Gasteiger partial charge in [0.1, 0.15) is 11.8 Å². The Morgan fingerprint density at radius 3 is 3.00 bits per heavy atom. The lowest BCUT2D eigenvalue weighted by Crippen LogP contribution is -2.11. The first-order valence-electron chi connectivity index (χ1n) is 5.21. The van der Waals surface area contributed by atoms with Gasteiger partial charge in [-0.25, -0.2) is 9.97 Å². The average molecular weight is 249 g/mol. The summed E-state index contributed by atoms with van der Waals surface area (Å²) in [6, 6.07) is 3.50. The topological polar surface area (TPSA) is 86.9 Å². The lowest BCUT2D eigenvalue weighted by molar-refractivity contribution is -0.138. The highest BCUT2D eigenvalue weighted by Gasteiger charge is 2.44. The summed E-state index contributed by atoms with van der Waals surface area (Å²) in [6.45, 7) is 0. The zero-order valence-electron chi connectivity index (χ0n) is 9.09. The van der Waals surface area contributed by atoms with Gasteiger partial charge in [-0.2, -0.15) is 5.26 Å². The molecule has 0 saturated heterocycles. The van der Waals surface area contributed by atoms with Gasteiger partial charge in [-0.1, -0.05) is 11.8 Å². The van der Waals surface area contributed by atoms with Crippen LogP contribution in [-0.4, -0.2) is 26.8 Å². The van der Waals surface area contributed by atoms with E-state index < -0.39 is 5.97 Å². The molecule has 0 aromatic carbocycles. The standard InChI is InChI=1S/C11H11N3O2S/c12-6-8-1-4-13-10(14-8)17-7-11(2-3-11)5-9(15)16/h1,4H,2-3,5,7H2,(H,15,16). The van der Waals surface area contributed by atoms with Crippen LogP contribution in [0, 0.1) is 16.7 Å². The molecule has 1 aliphatic carbocycles. The SMILES string of the molecule is N#Cc1ccnc(SCC2(CC(=O)O)CC2)n1. The monoisotopic (exact) mass is 249 g/mol. The molecule has 88 valence electrons. The predicted octanol–water partition coefficient (Wildman–Crippen LogP) is 1.70. The average Bonchev–Trinajstić information content (AvgIpc) is 3.06. The number of carboxylic acids is 1. The second-order valence-electron chi connectivity index (χ2n) is 4.20. The molecule has 1 aromatic rings. The number of aromatic nitrogens is 2. The van der Waals surface area contributed by atoms with Crippen LogP contribution >= 0.6 is 11.8 Å². The van der Waals surface area contributed by atoms with Crippen molar-refractivity contribution in [3.63, 3.8) is 0 Å². The van der Waals surface area contributed by atoms with Gasteiger partial charge >= 0.3 is 5.97 Å². The van der Waals surface area contributed by atoms with Gasteiger partial charge in [0.15, 0.2) is 5.16 Å². The second kappa shape index (κ2) is 4.72. The summed E-state index contributed by atoms with van der Waals surface area (Å²) in [7, 11) is 0. The molecule has 2 rings (SSSR count). The van der Waals surface area contributed by atoms with E-state index in [1.54, 1.807) is 12.3 Å². The summed E-state index contributed by atoms with van der Waals surface area (Å²) in [5.41, 5.74) is 0.258. The maximum Gasteiger partial charge on any atom is 0.303 e. The molecule has 1 aromatic heterocycles. The summed E-state index contributed by atoms with van der Waals surface area (Å²) < 4.78 is 0. The lowest BCUT2D eigenvalue weighted by atomic mass is 10.1. The molecule has 0 bridgehead atoms. The van der Waals surface area contributed by atoms with E-state index in [1.807, 2.05) is 6.07 Å². The summed E-state index contributed by atoms with van der Waals surface area (Å²) in [6.07, 6.45) is 3.65. The normalized spacial score (nSPS) is 16.2. The molecule has 0 atom stereocenters. The first-order valence-corrected chi connectivity index (χ1v) is 6.20. The molecule has 0 radical (unpaired) electrons. The van der Waals surface area contributed by atoms with Crippen molar-refractivity contribution in [2.45, 2.75) is 24.4 Å². The van der Waals surface area contributed by atoms with Gasteiger partial charge in [-0.05, 0) is 24.3 Å². The largest absolute Gasteiger partial charge is 0.481 e. The Bertz CT molecular complexity index is 480. The molecule has 0 spiro atoms. The summed E-state index contributed by atoms with van der Waals surface area (Å²) in [5.74, 6) is -0.0523. The van der Waals surface area contributed by atoms with Crippen molar-refractivity contribution in [2.75, 3.05) is 5.75 Å². The van der Waals surface area contributed by atoms with Crippen LogP contribution in [0.1, 0.15) is 25.0 Å². The quantitative estimate of drug-likeness (QED) is 0.631. The van der Waals surface area contributed by atoms with Crippen LogP contribution in [0.4, 0.5) is 0 Å². The molecule has 0 aliphatic heterocycles. The smallest absolute Gasteiger partial charge is 0.303 e. The van der Waals surface area contributed by atoms with Crippen LogP contribution in [0.15, 0.2) is 17.4 Å². The van der Waals surface area contributed by atoms with Gasteiger partial charge in [-0.3, -0.25) is 4.79 Å². The van der Waals surface area contributed by atoms with E-state index >= 15 is 0 Å². The highest BCUT2D eigenvalue weighted by atomic mass is 32.2. The van der Waals surface area contributed by atoms with Crippen LogP contribution in [0.25, 0.3) is 0 Å². The Labute approximate surface area is 103 Å². The highest BCUT2D eigenvalue weighted by molar-refractivity contribution is 7.99. The zero-order chi connectivity index (χ0) is 12.3. The number of hydrogen-bond donors (Lipinski definition) is 1. The van der Waals surface area contributed by atoms with E-state index in [0.717, 1.165) is 12.8 Å². The van der Waals surface area contributed by atoms with Crippen molar-refractivity contribution in [3.05, 3.63) is 18.0 Å². The van der Waals surface area contributed by atoms with Crippen LogP contribution in [0.2, 0.25) is 0 Å². The number of thioether (sulfide) groups is 1. The molecule has 17 heavy (non-hydrogen) atoms. The zero-order valence-corrected chi connectivity index (χ0v) is 9.90. The Morgan fingerprint density at radius 2 is 2.41 bits per heavy atom. The van der Waals surface area contributed by atoms with Crippen molar-refractivity contribution in [1.82, 2.24) is 9.97 Å². The van der Waals surface area contributed by atoms with Gasteiger partial charge in [0.25, 0.3) is 0 Å². The minimum Gasteiger partial charge on any atom is -0.481 e. The first kappa shape index (κ1) is 11.9. The van der Waals surface area contributed by atoms with Gasteiger partial charge in [0, 0.05) is 11.9 Å². The number of carboxylic acid groups (broad SMARTS) is 1. The number of aliphatic carboxylic acids is 1. The molecule has 1 aliphatic rings. The van der Waals surface area contributed by atoms with Crippen LogP contribution in [-0.2, 0) is 4.79 Å². The fourth-order valence-corrected chi connectivity index (χ4v) is 2.68. The third-order valence-electron chi connectivity index (χ3n) is 2.74. The van der Waals surface area contributed by atoms with E-state index in [2.05, 4.69) is 9.97 Å². The molecule has 0 unspecified atom stereocenters. The van der Waals surface area contributed by atoms with Crippen molar-refractivity contribution in [3.8, 4) is 6.07 Å². The summed E-state index contributed by atoms with van der Waals surface area (Å²) in [4.78, 5) is 18.8. The Kier molecular flexibility index (Phi) is 3.29. The van der Waals surface area contributed by atoms with Gasteiger partial charge in [0.2, 0.25) is 0 Å². The second-order valence-corrected chi connectivity index (χ2v) is 5.14. The molecule has 6 heteroatoms. The van der Waals surface area contributed by atoms with Crippen molar-refractivity contribution in [2.24, 2.45) is 5.41 Å². The van der Waals surface area contributed by atoms with Crippen molar-refractivity contribution >= 4 is 17.7 Å². The minimum absolute atomic E-state index is 0.0808. The summed E-state index contributed by atoms with van der Waals surface area (Å²) >= 11 is 1.42. The van der Waals surface area contributed by atoms with Crippen molar-refractivity contribution < 1.29 is 9.90 Å². The number of nitriles is 1. The molecule has 1 N–H and O–H groups in total. The Hall–Kier alpha value is -1.61. The maximum atomic E-state index is 10.7. The number of carbonyl (C=O) groups is 1. The molecule has 1 heterocycles. The first-order chi connectivity index (χ1) is 8.13. The van der Waals surface area contributed by atoms with Gasteiger partial charge < -0.3 is 5.11 Å². The third-order valence-corrected chi connectivity index (χ3v) is 3.95. The highest BCUT2D eigenvalue weighted by Crippen LogP contribution is 2.51. The van der Waals surface area contributed by atoms with Crippen LogP contribution in [0.5, 0.6) is 0 Å². The predicted molar refractivity (Wildman–Crippen MR) is 61.4 cm³/mol. The molecule has 1 fully saturated rings. The molecular formula is C11H11N3O2S. The molecule has 5 nitrogen and oxygen atoms in total. The fourth-order valence-electron chi connectivity index (χ4n) is 1.56. The fraction of sp³-hybridized carbons (Fsp3) is 0.455. The number of hydrogen-bond acceptors (Lipinski definition) is 5. The molecule has 1 saturated carbocycles. The Balaban J connectivity index is 1.94. The molecule has 0 amide bonds. The molecular weight excluding hydrogens is 238 g/mol. The van der Waals surface area contributed by atoms with Gasteiger partial charge in [-0.15, -0.1) is 0 Å².